The molecule has 3 atom stereocenters. The summed E-state index contributed by atoms with van der Waals surface area (Å²) in [7, 11) is 0. The number of halogens is 1. The van der Waals surface area contributed by atoms with E-state index in [1.807, 2.05) is 0 Å². The van der Waals surface area contributed by atoms with Gasteiger partial charge in [0, 0.05) is 29.5 Å². The summed E-state index contributed by atoms with van der Waals surface area (Å²) < 4.78 is 0. The summed E-state index contributed by atoms with van der Waals surface area (Å²) in [5.74, 6) is -5.15. The third kappa shape index (κ3) is 3.94. The van der Waals surface area contributed by atoms with Gasteiger partial charge in [0.25, 0.3) is 5.91 Å². The molecule has 1 fully saturated rings. The minimum atomic E-state index is -2.57. The molecule has 3 aliphatic carbocycles. The molecule has 4 aliphatic rings. The average molecular weight is 545 g/mol. The van der Waals surface area contributed by atoms with Gasteiger partial charge in [0.15, 0.2) is 11.4 Å². The van der Waals surface area contributed by atoms with Crippen LogP contribution in [0.25, 0.3) is 0 Å². The van der Waals surface area contributed by atoms with Crippen LogP contribution in [0.3, 0.4) is 0 Å². The molecule has 0 spiro atoms. The maximum absolute atomic E-state index is 13.6. The molecule has 38 heavy (non-hydrogen) atoms. The van der Waals surface area contributed by atoms with Gasteiger partial charge in [-0.25, -0.2) is 0 Å². The number of fused-ring (bicyclic) bond motifs is 3. The van der Waals surface area contributed by atoms with Crippen molar-refractivity contribution in [2.45, 2.75) is 58.1 Å². The van der Waals surface area contributed by atoms with Crippen LogP contribution in [0, 0.1) is 23.7 Å². The van der Waals surface area contributed by atoms with Crippen LogP contribution in [0.1, 0.15) is 61.0 Å². The summed E-state index contributed by atoms with van der Waals surface area (Å²) >= 11 is 6.82. The highest BCUT2D eigenvalue weighted by atomic mass is 35.5. The van der Waals surface area contributed by atoms with Gasteiger partial charge in [0.05, 0.1) is 5.56 Å². The Morgan fingerprint density at radius 1 is 1.18 bits per heavy atom. The van der Waals surface area contributed by atoms with Gasteiger partial charge in [0.1, 0.15) is 22.8 Å². The maximum Gasteiger partial charge on any atom is 0.255 e. The van der Waals surface area contributed by atoms with E-state index in [1.54, 1.807) is 0 Å². The molecule has 1 amide bonds. The number of ketones is 2. The zero-order valence-electron chi connectivity index (χ0n) is 21.5. The van der Waals surface area contributed by atoms with Crippen molar-refractivity contribution >= 4 is 29.1 Å². The number of aromatic hydroxyl groups is 1. The number of aliphatic hydroxyl groups excluding tert-OH is 2. The molecule has 1 aromatic rings. The normalized spacial score (nSPS) is 28.4. The molecule has 6 N–H and O–H groups in total. The zero-order valence-corrected chi connectivity index (χ0v) is 22.2. The summed E-state index contributed by atoms with van der Waals surface area (Å²) in [5.41, 5.74) is 2.80. The molecule has 0 saturated carbocycles. The number of likely N-dealkylation sites (tertiary alicyclic amines) is 1. The second kappa shape index (κ2) is 9.39. The molecule has 1 aliphatic heterocycles. The number of phenolic OH excluding ortho intramolecular Hbond substituents is 1. The number of primary amides is 1. The van der Waals surface area contributed by atoms with E-state index in [1.165, 1.54) is 6.07 Å². The van der Waals surface area contributed by atoms with Crippen molar-refractivity contribution in [1.82, 2.24) is 4.90 Å². The fraction of sp³-hybridized carbons (Fsp3) is 0.536. The first-order valence-electron chi connectivity index (χ1n) is 13.1. The Morgan fingerprint density at radius 2 is 1.84 bits per heavy atom. The number of carbonyl (C=O) groups is 3. The van der Waals surface area contributed by atoms with Crippen LogP contribution in [0.15, 0.2) is 28.7 Å². The first-order valence-corrected chi connectivity index (χ1v) is 13.5. The largest absolute Gasteiger partial charge is 0.511 e. The van der Waals surface area contributed by atoms with Gasteiger partial charge < -0.3 is 26.2 Å². The molecule has 0 aromatic heterocycles. The van der Waals surface area contributed by atoms with Crippen molar-refractivity contribution in [3.8, 4) is 5.75 Å². The number of aliphatic hydroxyl groups is 3. The Bertz CT molecular complexity index is 1310. The van der Waals surface area contributed by atoms with E-state index in [0.29, 0.717) is 34.5 Å². The molecule has 1 aromatic carbocycles. The van der Waals surface area contributed by atoms with Gasteiger partial charge in [-0.15, -0.1) is 0 Å². The number of nitrogens with zero attached hydrogens (tertiary/aromatic N) is 1. The maximum atomic E-state index is 13.6. The number of Topliss-reactive ketones (excluding diaryl/α,β-unsaturated/α-hetero) is 2. The fourth-order valence-corrected chi connectivity index (χ4v) is 7.14. The van der Waals surface area contributed by atoms with Crippen molar-refractivity contribution in [3.63, 3.8) is 0 Å². The summed E-state index contributed by atoms with van der Waals surface area (Å²) in [5, 5.41) is 44.0. The molecule has 10 heteroatoms. The lowest BCUT2D eigenvalue weighted by atomic mass is 9.60. The van der Waals surface area contributed by atoms with Crippen LogP contribution >= 0.6 is 11.6 Å². The van der Waals surface area contributed by atoms with Gasteiger partial charge in [-0.05, 0) is 73.7 Å². The van der Waals surface area contributed by atoms with Crippen molar-refractivity contribution in [1.29, 1.82) is 0 Å². The number of rotatable bonds is 4. The molecule has 1 unspecified atom stereocenters. The predicted molar refractivity (Wildman–Crippen MR) is 139 cm³/mol. The Balaban J connectivity index is 1.50. The van der Waals surface area contributed by atoms with Crippen LogP contribution in [0.5, 0.6) is 5.75 Å². The van der Waals surface area contributed by atoms with Crippen LogP contribution in [0.2, 0.25) is 5.02 Å². The highest BCUT2D eigenvalue weighted by Gasteiger charge is 2.59. The Kier molecular flexibility index (Phi) is 6.60. The second-order valence-electron chi connectivity index (χ2n) is 11.5. The van der Waals surface area contributed by atoms with E-state index < -0.39 is 52.0 Å². The summed E-state index contributed by atoms with van der Waals surface area (Å²) in [6.07, 6.45) is 2.18. The van der Waals surface area contributed by atoms with E-state index in [4.69, 9.17) is 17.3 Å². The summed E-state index contributed by atoms with van der Waals surface area (Å²) in [6, 6.07) is 1.48. The molecule has 1 heterocycles. The number of amides is 1. The van der Waals surface area contributed by atoms with Crippen LogP contribution < -0.4 is 5.73 Å². The SMILES string of the molecule is CC(C)C1CCN(Cc2cc(O)c3c(c2Cl)CC2C[C@H]4CC(O)=C(C(N)=O)C(=O)[C@@]4(O)C(O)=C2C3=O)CC1. The number of nitrogens with two attached hydrogens (primary N) is 1. The van der Waals surface area contributed by atoms with Gasteiger partial charge in [-0.1, -0.05) is 25.4 Å². The van der Waals surface area contributed by atoms with E-state index in [2.05, 4.69) is 18.7 Å². The lowest BCUT2D eigenvalue weighted by Gasteiger charge is -2.45. The predicted octanol–water partition coefficient (Wildman–Crippen LogP) is 3.10. The average Bonchev–Trinajstić information content (AvgIpc) is 2.84. The quantitative estimate of drug-likeness (QED) is 0.361. The van der Waals surface area contributed by atoms with Crippen molar-refractivity contribution < 1.29 is 34.8 Å². The van der Waals surface area contributed by atoms with Crippen molar-refractivity contribution in [3.05, 3.63) is 50.4 Å². The Hall–Kier alpha value is -2.88. The first kappa shape index (κ1) is 26.7. The number of hydrogen-bond donors (Lipinski definition) is 5. The standard InChI is InChI=1S/C28H33ClN2O7/c1-12(2)13-3-5-31(6-4-13)11-15-9-18(32)21-17(23(15)29)8-14-7-16-10-19(33)22(27(30)37)26(36)28(16,38)25(35)20(14)24(21)34/h9,12-14,16,32-33,35,38H,3-8,10-11H2,1-2H3,(H2,30,37)/t14?,16-,28-/m0/s1. The lowest BCUT2D eigenvalue weighted by Crippen LogP contribution is -2.57. The molecule has 204 valence electrons. The monoisotopic (exact) mass is 544 g/mol. The van der Waals surface area contributed by atoms with E-state index >= 15 is 0 Å². The number of carbonyl (C=O) groups excluding carboxylic acids is 3. The highest BCUT2D eigenvalue weighted by molar-refractivity contribution is 6.33. The number of hydrogen-bond acceptors (Lipinski definition) is 8. The molecular weight excluding hydrogens is 512 g/mol. The Labute approximate surface area is 225 Å². The van der Waals surface area contributed by atoms with Crippen molar-refractivity contribution in [2.24, 2.45) is 29.4 Å². The minimum Gasteiger partial charge on any atom is -0.511 e. The molecule has 1 saturated heterocycles. The second-order valence-corrected chi connectivity index (χ2v) is 11.9. The topological polar surface area (TPSA) is 161 Å². The molecular formula is C28H33ClN2O7. The van der Waals surface area contributed by atoms with Crippen LogP contribution in [-0.2, 0) is 22.6 Å². The lowest BCUT2D eigenvalue weighted by molar-refractivity contribution is -0.144. The van der Waals surface area contributed by atoms with E-state index in [-0.39, 0.29) is 36.1 Å². The number of benzene rings is 1. The smallest absolute Gasteiger partial charge is 0.255 e. The Morgan fingerprint density at radius 3 is 2.45 bits per heavy atom. The first-order chi connectivity index (χ1) is 17.9. The minimum absolute atomic E-state index is 0.0612. The number of allylic oxidation sites excluding steroid dienone is 2. The van der Waals surface area contributed by atoms with E-state index in [0.717, 1.165) is 25.9 Å². The molecule has 5 rings (SSSR count). The third-order valence-electron chi connectivity index (χ3n) is 9.04. The third-order valence-corrected chi connectivity index (χ3v) is 9.51. The molecule has 0 radical (unpaired) electrons. The van der Waals surface area contributed by atoms with Crippen molar-refractivity contribution in [2.75, 3.05) is 13.1 Å². The highest BCUT2D eigenvalue weighted by Crippen LogP contribution is 2.52. The van der Waals surface area contributed by atoms with E-state index in [9.17, 15) is 34.8 Å². The number of piperidine rings is 1. The summed E-state index contributed by atoms with van der Waals surface area (Å²) in [6.45, 7) is 6.83. The molecule has 9 nitrogen and oxygen atoms in total. The van der Waals surface area contributed by atoms with Gasteiger partial charge in [0.2, 0.25) is 5.78 Å². The fourth-order valence-electron chi connectivity index (χ4n) is 6.86. The van der Waals surface area contributed by atoms with Crippen LogP contribution in [-0.4, -0.2) is 61.5 Å². The van der Waals surface area contributed by atoms with Crippen LogP contribution in [0.4, 0.5) is 0 Å². The van der Waals surface area contributed by atoms with Gasteiger partial charge in [-0.2, -0.15) is 0 Å². The zero-order chi connectivity index (χ0) is 27.7. The molecule has 0 bridgehead atoms. The summed E-state index contributed by atoms with van der Waals surface area (Å²) in [4.78, 5) is 40.7. The van der Waals surface area contributed by atoms with Gasteiger partial charge >= 0.3 is 0 Å². The number of phenols is 1. The van der Waals surface area contributed by atoms with Gasteiger partial charge in [-0.3, -0.25) is 19.3 Å².